The van der Waals surface area contributed by atoms with Gasteiger partial charge in [0.1, 0.15) is 5.75 Å². The summed E-state index contributed by atoms with van der Waals surface area (Å²) in [4.78, 5) is 4.13. The Morgan fingerprint density at radius 2 is 1.88 bits per heavy atom. The Morgan fingerprint density at radius 3 is 2.41 bits per heavy atom. The zero-order valence-electron chi connectivity index (χ0n) is 11.7. The van der Waals surface area contributed by atoms with E-state index in [2.05, 4.69) is 38.8 Å². The highest BCUT2D eigenvalue weighted by atomic mass is 28.4. The standard InChI is InChI=1S/C13H23NO2Si/c1-13(2,3)17(5,6)16-10-11-7-12(15-4)9-14-8-11/h7-9H,10H2,1-6H3. The second-order valence-electron chi connectivity index (χ2n) is 5.78. The van der Waals surface area contributed by atoms with Crippen molar-refractivity contribution < 1.29 is 9.16 Å². The summed E-state index contributed by atoms with van der Waals surface area (Å²) >= 11 is 0. The van der Waals surface area contributed by atoms with Crippen molar-refractivity contribution in [1.82, 2.24) is 4.98 Å². The maximum atomic E-state index is 6.12. The number of hydrogen-bond acceptors (Lipinski definition) is 3. The predicted molar refractivity (Wildman–Crippen MR) is 72.8 cm³/mol. The van der Waals surface area contributed by atoms with E-state index in [1.165, 1.54) is 0 Å². The van der Waals surface area contributed by atoms with Gasteiger partial charge >= 0.3 is 0 Å². The van der Waals surface area contributed by atoms with Gasteiger partial charge in [0, 0.05) is 6.20 Å². The average Bonchev–Trinajstić information content (AvgIpc) is 2.25. The summed E-state index contributed by atoms with van der Waals surface area (Å²) in [5, 5.41) is 0.235. The van der Waals surface area contributed by atoms with Crippen LogP contribution in [0.2, 0.25) is 18.1 Å². The van der Waals surface area contributed by atoms with E-state index in [0.29, 0.717) is 6.61 Å². The van der Waals surface area contributed by atoms with Crippen LogP contribution in [0, 0.1) is 0 Å². The number of aromatic nitrogens is 1. The number of nitrogens with zero attached hydrogens (tertiary/aromatic N) is 1. The minimum absolute atomic E-state index is 0.235. The van der Waals surface area contributed by atoms with Crippen molar-refractivity contribution >= 4 is 8.32 Å². The van der Waals surface area contributed by atoms with Crippen molar-refractivity contribution in [2.45, 2.75) is 45.5 Å². The van der Waals surface area contributed by atoms with Crippen molar-refractivity contribution in [2.75, 3.05) is 7.11 Å². The lowest BCUT2D eigenvalue weighted by atomic mass is 10.2. The summed E-state index contributed by atoms with van der Waals surface area (Å²) in [6, 6.07) is 1.97. The molecule has 1 aromatic rings. The molecule has 1 heterocycles. The Morgan fingerprint density at radius 1 is 1.24 bits per heavy atom. The van der Waals surface area contributed by atoms with E-state index in [4.69, 9.17) is 9.16 Å². The Labute approximate surface area is 105 Å². The molecule has 0 amide bonds. The van der Waals surface area contributed by atoms with Crippen LogP contribution in [0.3, 0.4) is 0 Å². The molecule has 0 spiro atoms. The first kappa shape index (κ1) is 14.2. The molecule has 0 aliphatic rings. The summed E-state index contributed by atoms with van der Waals surface area (Å²) in [7, 11) is -0.0356. The molecule has 4 heteroatoms. The minimum Gasteiger partial charge on any atom is -0.495 e. The number of ether oxygens (including phenoxy) is 1. The van der Waals surface area contributed by atoms with Gasteiger partial charge in [-0.1, -0.05) is 20.8 Å². The number of pyridine rings is 1. The Bertz CT molecular complexity index is 372. The van der Waals surface area contributed by atoms with E-state index in [0.717, 1.165) is 11.3 Å². The lowest BCUT2D eigenvalue weighted by Gasteiger charge is -2.36. The van der Waals surface area contributed by atoms with Crippen molar-refractivity contribution in [2.24, 2.45) is 0 Å². The van der Waals surface area contributed by atoms with E-state index in [9.17, 15) is 0 Å². The molecule has 0 N–H and O–H groups in total. The van der Waals surface area contributed by atoms with Gasteiger partial charge in [-0.2, -0.15) is 0 Å². The minimum atomic E-state index is -1.68. The fraction of sp³-hybridized carbons (Fsp3) is 0.615. The largest absolute Gasteiger partial charge is 0.495 e. The van der Waals surface area contributed by atoms with Gasteiger partial charge in [-0.3, -0.25) is 4.98 Å². The van der Waals surface area contributed by atoms with Gasteiger partial charge in [-0.05, 0) is 29.8 Å². The van der Waals surface area contributed by atoms with E-state index < -0.39 is 8.32 Å². The maximum Gasteiger partial charge on any atom is 0.192 e. The molecule has 1 aromatic heterocycles. The molecule has 17 heavy (non-hydrogen) atoms. The van der Waals surface area contributed by atoms with Crippen molar-refractivity contribution in [1.29, 1.82) is 0 Å². The second kappa shape index (κ2) is 5.19. The lowest BCUT2D eigenvalue weighted by molar-refractivity contribution is 0.275. The van der Waals surface area contributed by atoms with Crippen LogP contribution >= 0.6 is 0 Å². The lowest BCUT2D eigenvalue weighted by Crippen LogP contribution is -2.40. The smallest absolute Gasteiger partial charge is 0.192 e. The van der Waals surface area contributed by atoms with E-state index in [1.807, 2.05) is 12.3 Å². The topological polar surface area (TPSA) is 31.4 Å². The molecule has 1 rings (SSSR count). The molecule has 0 fully saturated rings. The summed E-state index contributed by atoms with van der Waals surface area (Å²) in [5.41, 5.74) is 1.06. The third-order valence-electron chi connectivity index (χ3n) is 3.41. The van der Waals surface area contributed by atoms with Gasteiger partial charge in [0.15, 0.2) is 8.32 Å². The predicted octanol–water partition coefficient (Wildman–Crippen LogP) is 3.61. The molecule has 0 aromatic carbocycles. The van der Waals surface area contributed by atoms with E-state index in [1.54, 1.807) is 13.3 Å². The zero-order valence-corrected chi connectivity index (χ0v) is 12.7. The molecule has 0 atom stereocenters. The van der Waals surface area contributed by atoms with E-state index >= 15 is 0 Å². The highest BCUT2D eigenvalue weighted by Crippen LogP contribution is 2.37. The van der Waals surface area contributed by atoms with Crippen molar-refractivity contribution in [3.63, 3.8) is 0 Å². The first-order valence-electron chi connectivity index (χ1n) is 5.88. The van der Waals surface area contributed by atoms with Gasteiger partial charge in [0.2, 0.25) is 0 Å². The molecular formula is C13H23NO2Si. The van der Waals surface area contributed by atoms with Crippen LogP contribution < -0.4 is 4.74 Å². The molecular weight excluding hydrogens is 230 g/mol. The Kier molecular flexibility index (Phi) is 4.33. The summed E-state index contributed by atoms with van der Waals surface area (Å²) in [6.45, 7) is 11.8. The normalized spacial score (nSPS) is 12.6. The molecule has 96 valence electrons. The third kappa shape index (κ3) is 3.82. The molecule has 0 unspecified atom stereocenters. The highest BCUT2D eigenvalue weighted by Gasteiger charge is 2.36. The average molecular weight is 253 g/mol. The number of rotatable bonds is 4. The van der Waals surface area contributed by atoms with Crippen LogP contribution in [0.1, 0.15) is 26.3 Å². The first-order chi connectivity index (χ1) is 7.76. The number of methoxy groups -OCH3 is 1. The third-order valence-corrected chi connectivity index (χ3v) is 7.89. The van der Waals surface area contributed by atoms with Gasteiger partial charge in [-0.25, -0.2) is 0 Å². The van der Waals surface area contributed by atoms with Gasteiger partial charge < -0.3 is 9.16 Å². The summed E-state index contributed by atoms with van der Waals surface area (Å²) in [5.74, 6) is 0.779. The number of hydrogen-bond donors (Lipinski definition) is 0. The monoisotopic (exact) mass is 253 g/mol. The van der Waals surface area contributed by atoms with Crippen LogP contribution in [-0.4, -0.2) is 20.4 Å². The van der Waals surface area contributed by atoms with Gasteiger partial charge in [0.05, 0.1) is 19.9 Å². The van der Waals surface area contributed by atoms with Crippen LogP contribution in [0.15, 0.2) is 18.5 Å². The van der Waals surface area contributed by atoms with Crippen molar-refractivity contribution in [3.05, 3.63) is 24.0 Å². The highest BCUT2D eigenvalue weighted by molar-refractivity contribution is 6.74. The van der Waals surface area contributed by atoms with Gasteiger partial charge in [0.25, 0.3) is 0 Å². The maximum absolute atomic E-state index is 6.12. The summed E-state index contributed by atoms with van der Waals surface area (Å²) < 4.78 is 11.3. The second-order valence-corrected chi connectivity index (χ2v) is 10.6. The molecule has 0 saturated heterocycles. The fourth-order valence-corrected chi connectivity index (χ4v) is 2.10. The molecule has 0 bridgehead atoms. The first-order valence-corrected chi connectivity index (χ1v) is 8.79. The Balaban J connectivity index is 2.67. The molecule has 0 radical (unpaired) electrons. The van der Waals surface area contributed by atoms with Crippen LogP contribution in [-0.2, 0) is 11.0 Å². The summed E-state index contributed by atoms with van der Waals surface area (Å²) in [6.07, 6.45) is 3.53. The fourth-order valence-electron chi connectivity index (χ4n) is 1.13. The molecule has 0 aliphatic carbocycles. The van der Waals surface area contributed by atoms with E-state index in [-0.39, 0.29) is 5.04 Å². The van der Waals surface area contributed by atoms with Gasteiger partial charge in [-0.15, -0.1) is 0 Å². The van der Waals surface area contributed by atoms with Crippen LogP contribution in [0.25, 0.3) is 0 Å². The van der Waals surface area contributed by atoms with Crippen LogP contribution in [0.4, 0.5) is 0 Å². The molecule has 3 nitrogen and oxygen atoms in total. The molecule has 0 aliphatic heterocycles. The van der Waals surface area contributed by atoms with Crippen molar-refractivity contribution in [3.8, 4) is 5.75 Å². The Hall–Kier alpha value is -0.873. The quantitative estimate of drug-likeness (QED) is 0.768. The zero-order chi connectivity index (χ0) is 13.1. The van der Waals surface area contributed by atoms with Crippen LogP contribution in [0.5, 0.6) is 5.75 Å². The molecule has 0 saturated carbocycles. The SMILES string of the molecule is COc1cncc(CO[Si](C)(C)C(C)(C)C)c1.